The summed E-state index contributed by atoms with van der Waals surface area (Å²) in [5.74, 6) is 0.0215. The van der Waals surface area contributed by atoms with Gasteiger partial charge in [-0.15, -0.1) is 11.3 Å². The average molecular weight is 328 g/mol. The Labute approximate surface area is 137 Å². The summed E-state index contributed by atoms with van der Waals surface area (Å²) in [5, 5.41) is 0.496. The van der Waals surface area contributed by atoms with Gasteiger partial charge in [0.2, 0.25) is 0 Å². The first-order valence-electron chi connectivity index (χ1n) is 7.28. The van der Waals surface area contributed by atoms with E-state index in [1.165, 1.54) is 22.2 Å². The molecule has 2 aromatic heterocycles. The van der Waals surface area contributed by atoms with Gasteiger partial charge in [-0.25, -0.2) is 9.78 Å². The second-order valence-corrected chi connectivity index (χ2v) is 6.27. The fourth-order valence-corrected chi connectivity index (χ4v) is 3.35. The van der Waals surface area contributed by atoms with Crippen molar-refractivity contribution < 1.29 is 9.53 Å². The minimum Gasteiger partial charge on any atom is -0.422 e. The molecule has 0 aliphatic carbocycles. The second kappa shape index (κ2) is 5.96. The summed E-state index contributed by atoms with van der Waals surface area (Å²) >= 11 is 1.19. The van der Waals surface area contributed by atoms with Crippen LogP contribution in [0, 0.1) is 13.8 Å². The Bertz CT molecular complexity index is 939. The van der Waals surface area contributed by atoms with Crippen LogP contribution in [-0.2, 0) is 6.54 Å². The Morgan fingerprint density at radius 2 is 1.96 bits per heavy atom. The number of thiophene rings is 1. The van der Waals surface area contributed by atoms with E-state index >= 15 is 0 Å². The number of esters is 1. The topological polar surface area (TPSA) is 61.2 Å². The zero-order chi connectivity index (χ0) is 16.6. The van der Waals surface area contributed by atoms with Crippen molar-refractivity contribution in [2.45, 2.75) is 27.3 Å². The van der Waals surface area contributed by atoms with E-state index < -0.39 is 5.97 Å². The molecule has 0 saturated heterocycles. The van der Waals surface area contributed by atoms with Crippen LogP contribution in [0.15, 0.2) is 35.4 Å². The molecule has 2 heterocycles. The van der Waals surface area contributed by atoms with E-state index in [0.717, 1.165) is 5.56 Å². The van der Waals surface area contributed by atoms with Gasteiger partial charge in [0, 0.05) is 6.54 Å². The molecule has 3 rings (SSSR count). The molecule has 0 aliphatic heterocycles. The van der Waals surface area contributed by atoms with Gasteiger partial charge in [0.1, 0.15) is 15.5 Å². The van der Waals surface area contributed by atoms with Gasteiger partial charge in [-0.2, -0.15) is 0 Å². The summed E-state index contributed by atoms with van der Waals surface area (Å²) in [5.41, 5.74) is 1.59. The second-order valence-electron chi connectivity index (χ2n) is 5.27. The molecule has 6 heteroatoms. The number of rotatable bonds is 3. The standard InChI is InChI=1S/C17H16N2O3S/c1-4-19-9-18-15-13(16(19)20)11(3)14(23-15)17(21)22-12-7-5-10(2)6-8-12/h5-9H,4H2,1-3H3. The number of nitrogens with zero attached hydrogens (tertiary/aromatic N) is 2. The van der Waals surface area contributed by atoms with Crippen LogP contribution in [0.1, 0.15) is 27.7 Å². The molecule has 0 spiro atoms. The van der Waals surface area contributed by atoms with Crippen LogP contribution in [0.2, 0.25) is 0 Å². The maximum Gasteiger partial charge on any atom is 0.354 e. The van der Waals surface area contributed by atoms with Gasteiger partial charge < -0.3 is 4.74 Å². The van der Waals surface area contributed by atoms with Gasteiger partial charge in [0.25, 0.3) is 5.56 Å². The molecule has 0 bridgehead atoms. The van der Waals surface area contributed by atoms with Crippen LogP contribution >= 0.6 is 11.3 Å². The molecular formula is C17H16N2O3S. The number of carbonyl (C=O) groups is 1. The van der Waals surface area contributed by atoms with Crippen molar-refractivity contribution in [3.05, 3.63) is 57.0 Å². The maximum absolute atomic E-state index is 12.4. The fraction of sp³-hybridized carbons (Fsp3) is 0.235. The number of hydrogen-bond donors (Lipinski definition) is 0. The van der Waals surface area contributed by atoms with E-state index in [9.17, 15) is 9.59 Å². The lowest BCUT2D eigenvalue weighted by Gasteiger charge is -2.03. The predicted octanol–water partition coefficient (Wildman–Crippen LogP) is 3.31. The van der Waals surface area contributed by atoms with Gasteiger partial charge in [-0.1, -0.05) is 17.7 Å². The average Bonchev–Trinajstić information content (AvgIpc) is 2.88. The quantitative estimate of drug-likeness (QED) is 0.546. The van der Waals surface area contributed by atoms with Crippen LogP contribution < -0.4 is 10.3 Å². The minimum atomic E-state index is -0.461. The monoisotopic (exact) mass is 328 g/mol. The molecule has 118 valence electrons. The van der Waals surface area contributed by atoms with Crippen molar-refractivity contribution in [1.82, 2.24) is 9.55 Å². The Hall–Kier alpha value is -2.47. The summed E-state index contributed by atoms with van der Waals surface area (Å²) in [4.78, 5) is 30.0. The molecule has 23 heavy (non-hydrogen) atoms. The molecule has 3 aromatic rings. The summed E-state index contributed by atoms with van der Waals surface area (Å²) in [6.45, 7) is 6.14. The SMILES string of the molecule is CCn1cnc2sc(C(=O)Oc3ccc(C)cc3)c(C)c2c1=O. The Morgan fingerprint density at radius 1 is 1.26 bits per heavy atom. The molecule has 1 aromatic carbocycles. The van der Waals surface area contributed by atoms with E-state index in [1.54, 1.807) is 19.1 Å². The number of benzene rings is 1. The third-order valence-electron chi connectivity index (χ3n) is 3.67. The summed E-state index contributed by atoms with van der Waals surface area (Å²) in [6, 6.07) is 7.25. The highest BCUT2D eigenvalue weighted by Gasteiger charge is 2.20. The molecule has 0 aliphatic rings. The number of carbonyl (C=O) groups excluding carboxylic acids is 1. The van der Waals surface area contributed by atoms with E-state index in [-0.39, 0.29) is 5.56 Å². The smallest absolute Gasteiger partial charge is 0.354 e. The summed E-state index contributed by atoms with van der Waals surface area (Å²) in [6.07, 6.45) is 1.51. The molecular weight excluding hydrogens is 312 g/mol. The van der Waals surface area contributed by atoms with Crippen LogP contribution in [0.5, 0.6) is 5.75 Å². The van der Waals surface area contributed by atoms with Crippen LogP contribution in [0.3, 0.4) is 0 Å². The number of fused-ring (bicyclic) bond motifs is 1. The number of hydrogen-bond acceptors (Lipinski definition) is 5. The maximum atomic E-state index is 12.4. The number of aryl methyl sites for hydroxylation is 3. The van der Waals surface area contributed by atoms with Crippen LogP contribution in [0.4, 0.5) is 0 Å². The van der Waals surface area contributed by atoms with Crippen molar-refractivity contribution in [2.24, 2.45) is 0 Å². The highest BCUT2D eigenvalue weighted by molar-refractivity contribution is 7.20. The molecule has 0 fully saturated rings. The number of aromatic nitrogens is 2. The molecule has 0 amide bonds. The van der Waals surface area contributed by atoms with Crippen molar-refractivity contribution in [2.75, 3.05) is 0 Å². The highest BCUT2D eigenvalue weighted by Crippen LogP contribution is 2.28. The molecule has 0 N–H and O–H groups in total. The zero-order valence-electron chi connectivity index (χ0n) is 13.1. The fourth-order valence-electron chi connectivity index (χ4n) is 2.34. The predicted molar refractivity (Wildman–Crippen MR) is 90.4 cm³/mol. The van der Waals surface area contributed by atoms with Gasteiger partial charge in [-0.3, -0.25) is 9.36 Å². The van der Waals surface area contributed by atoms with Gasteiger partial charge in [-0.05, 0) is 38.5 Å². The van der Waals surface area contributed by atoms with Crippen molar-refractivity contribution >= 4 is 27.5 Å². The zero-order valence-corrected chi connectivity index (χ0v) is 13.9. The van der Waals surface area contributed by atoms with Gasteiger partial charge in [0.15, 0.2) is 0 Å². The lowest BCUT2D eigenvalue weighted by atomic mass is 10.2. The third kappa shape index (κ3) is 2.77. The summed E-state index contributed by atoms with van der Waals surface area (Å²) in [7, 11) is 0. The first kappa shape index (κ1) is 15.4. The highest BCUT2D eigenvalue weighted by atomic mass is 32.1. The number of ether oxygens (including phenoxy) is 1. The Morgan fingerprint density at radius 3 is 2.61 bits per heavy atom. The van der Waals surface area contributed by atoms with E-state index in [0.29, 0.717) is 33.0 Å². The minimum absolute atomic E-state index is 0.124. The van der Waals surface area contributed by atoms with Gasteiger partial charge >= 0.3 is 5.97 Å². The lowest BCUT2D eigenvalue weighted by Crippen LogP contribution is -2.19. The largest absolute Gasteiger partial charge is 0.422 e. The van der Waals surface area contributed by atoms with Crippen molar-refractivity contribution in [3.8, 4) is 5.75 Å². The van der Waals surface area contributed by atoms with Crippen LogP contribution in [0.25, 0.3) is 10.2 Å². The van der Waals surface area contributed by atoms with E-state index in [1.807, 2.05) is 26.0 Å². The first-order chi connectivity index (χ1) is 11.0. The van der Waals surface area contributed by atoms with E-state index in [4.69, 9.17) is 4.74 Å². The Balaban J connectivity index is 2.01. The molecule has 0 atom stereocenters. The third-order valence-corrected chi connectivity index (χ3v) is 4.85. The molecule has 0 unspecified atom stereocenters. The summed E-state index contributed by atoms with van der Waals surface area (Å²) < 4.78 is 6.92. The normalized spacial score (nSPS) is 10.9. The molecule has 0 saturated carbocycles. The first-order valence-corrected chi connectivity index (χ1v) is 8.10. The van der Waals surface area contributed by atoms with Crippen molar-refractivity contribution in [1.29, 1.82) is 0 Å². The molecule has 0 radical (unpaired) electrons. The molecule has 5 nitrogen and oxygen atoms in total. The Kier molecular flexibility index (Phi) is 4.00. The van der Waals surface area contributed by atoms with Crippen LogP contribution in [-0.4, -0.2) is 15.5 Å². The van der Waals surface area contributed by atoms with E-state index in [2.05, 4.69) is 4.98 Å². The lowest BCUT2D eigenvalue weighted by molar-refractivity contribution is 0.0739. The van der Waals surface area contributed by atoms with Crippen molar-refractivity contribution in [3.63, 3.8) is 0 Å². The van der Waals surface area contributed by atoms with Gasteiger partial charge in [0.05, 0.1) is 11.7 Å².